The Kier molecular flexibility index (Phi) is 2.86. The van der Waals surface area contributed by atoms with Crippen LogP contribution in [0, 0.1) is 0 Å². The van der Waals surface area contributed by atoms with E-state index in [1.807, 2.05) is 6.07 Å². The molecule has 0 aromatic carbocycles. The van der Waals surface area contributed by atoms with Crippen LogP contribution in [0.3, 0.4) is 0 Å². The van der Waals surface area contributed by atoms with Gasteiger partial charge in [-0.05, 0) is 32.6 Å². The van der Waals surface area contributed by atoms with Crippen molar-refractivity contribution in [2.75, 3.05) is 23.8 Å². The van der Waals surface area contributed by atoms with E-state index in [2.05, 4.69) is 27.5 Å². The maximum Gasteiger partial charge on any atom is 0.136 e. The van der Waals surface area contributed by atoms with Crippen LogP contribution in [0.2, 0.25) is 0 Å². The molecular weight excluding hydrogens is 228 g/mol. The fourth-order valence-electron chi connectivity index (χ4n) is 2.07. The average Bonchev–Trinajstić information content (AvgIpc) is 3.25. The smallest absolute Gasteiger partial charge is 0.136 e. The van der Waals surface area contributed by atoms with E-state index < -0.39 is 0 Å². The molecule has 0 unspecified atom stereocenters. The molecule has 0 aliphatic heterocycles. The summed E-state index contributed by atoms with van der Waals surface area (Å²) < 4.78 is 0. The fraction of sp³-hybridized carbons (Fsp3) is 0.692. The third kappa shape index (κ3) is 2.41. The lowest BCUT2D eigenvalue weighted by Gasteiger charge is -2.16. The normalized spacial score (nSPS) is 20.6. The van der Waals surface area contributed by atoms with Crippen molar-refractivity contribution in [3.05, 3.63) is 11.9 Å². The van der Waals surface area contributed by atoms with Crippen molar-refractivity contribution in [3.63, 3.8) is 0 Å². The number of hydrogen-bond acceptors (Lipinski definition) is 5. The highest BCUT2D eigenvalue weighted by atomic mass is 16.3. The number of aromatic nitrogens is 2. The van der Waals surface area contributed by atoms with Gasteiger partial charge in [0, 0.05) is 18.5 Å². The quantitative estimate of drug-likeness (QED) is 0.715. The average molecular weight is 248 g/mol. The van der Waals surface area contributed by atoms with Crippen LogP contribution in [0.25, 0.3) is 0 Å². The van der Waals surface area contributed by atoms with Gasteiger partial charge in [0.05, 0.1) is 12.1 Å². The molecule has 3 N–H and O–H groups in total. The summed E-state index contributed by atoms with van der Waals surface area (Å²) in [4.78, 5) is 9.11. The Morgan fingerprint density at radius 2 is 2.06 bits per heavy atom. The highest BCUT2D eigenvalue weighted by molar-refractivity contribution is 5.50. The molecule has 1 heterocycles. The Morgan fingerprint density at radius 3 is 2.61 bits per heavy atom. The molecule has 1 aromatic heterocycles. The van der Waals surface area contributed by atoms with Gasteiger partial charge in [0.1, 0.15) is 17.5 Å². The third-order valence-corrected chi connectivity index (χ3v) is 3.59. The first kappa shape index (κ1) is 11.7. The van der Waals surface area contributed by atoms with E-state index in [-0.39, 0.29) is 12.1 Å². The molecule has 18 heavy (non-hydrogen) atoms. The SMILES string of the molecule is CCNc1cc(NC2(CO)CC2)nc(C2CC2)n1. The molecule has 5 nitrogen and oxygen atoms in total. The summed E-state index contributed by atoms with van der Waals surface area (Å²) in [6.07, 6.45) is 4.42. The highest BCUT2D eigenvalue weighted by Crippen LogP contribution is 2.41. The lowest BCUT2D eigenvalue weighted by atomic mass is 10.3. The molecule has 0 bridgehead atoms. The van der Waals surface area contributed by atoms with Crippen LogP contribution in [0.5, 0.6) is 0 Å². The van der Waals surface area contributed by atoms with Crippen molar-refractivity contribution in [2.24, 2.45) is 0 Å². The van der Waals surface area contributed by atoms with Crippen molar-refractivity contribution in [2.45, 2.75) is 44.1 Å². The number of aliphatic hydroxyl groups is 1. The molecule has 0 spiro atoms. The summed E-state index contributed by atoms with van der Waals surface area (Å²) in [5, 5.41) is 16.0. The number of nitrogens with one attached hydrogen (secondary N) is 2. The van der Waals surface area contributed by atoms with Gasteiger partial charge in [-0.25, -0.2) is 9.97 Å². The van der Waals surface area contributed by atoms with Gasteiger partial charge in [-0.2, -0.15) is 0 Å². The Labute approximate surface area is 107 Å². The summed E-state index contributed by atoms with van der Waals surface area (Å²) in [6, 6.07) is 1.94. The molecule has 2 aliphatic carbocycles. The van der Waals surface area contributed by atoms with Crippen LogP contribution < -0.4 is 10.6 Å². The maximum atomic E-state index is 9.36. The molecule has 1 aromatic rings. The van der Waals surface area contributed by atoms with Crippen molar-refractivity contribution in [1.82, 2.24) is 9.97 Å². The zero-order chi connectivity index (χ0) is 12.6. The fourth-order valence-corrected chi connectivity index (χ4v) is 2.07. The Hall–Kier alpha value is -1.36. The largest absolute Gasteiger partial charge is 0.394 e. The van der Waals surface area contributed by atoms with Gasteiger partial charge in [-0.15, -0.1) is 0 Å². The van der Waals surface area contributed by atoms with Gasteiger partial charge in [0.25, 0.3) is 0 Å². The minimum atomic E-state index is -0.126. The van der Waals surface area contributed by atoms with E-state index in [1.54, 1.807) is 0 Å². The van der Waals surface area contributed by atoms with Crippen LogP contribution >= 0.6 is 0 Å². The number of aliphatic hydroxyl groups excluding tert-OH is 1. The lowest BCUT2D eigenvalue weighted by molar-refractivity contribution is 0.266. The third-order valence-electron chi connectivity index (χ3n) is 3.59. The molecule has 3 rings (SSSR count). The first-order valence-corrected chi connectivity index (χ1v) is 6.76. The van der Waals surface area contributed by atoms with Crippen LogP contribution in [0.4, 0.5) is 11.6 Å². The molecular formula is C13H20N4O. The minimum Gasteiger partial charge on any atom is -0.394 e. The zero-order valence-corrected chi connectivity index (χ0v) is 10.7. The molecule has 5 heteroatoms. The summed E-state index contributed by atoms with van der Waals surface area (Å²) in [5.41, 5.74) is -0.126. The first-order valence-electron chi connectivity index (χ1n) is 6.76. The number of nitrogens with zero attached hydrogens (tertiary/aromatic N) is 2. The Bertz CT molecular complexity index is 441. The van der Waals surface area contributed by atoms with E-state index in [0.717, 1.165) is 36.8 Å². The van der Waals surface area contributed by atoms with E-state index in [9.17, 15) is 5.11 Å². The van der Waals surface area contributed by atoms with Crippen LogP contribution in [-0.2, 0) is 0 Å². The molecule has 0 amide bonds. The predicted molar refractivity (Wildman–Crippen MR) is 70.8 cm³/mol. The van der Waals surface area contributed by atoms with Crippen LogP contribution in [0.1, 0.15) is 44.3 Å². The predicted octanol–water partition coefficient (Wildman–Crippen LogP) is 1.72. The Morgan fingerprint density at radius 1 is 1.33 bits per heavy atom. The number of rotatable bonds is 6. The van der Waals surface area contributed by atoms with Crippen LogP contribution in [-0.4, -0.2) is 33.8 Å². The molecule has 2 saturated carbocycles. The number of hydrogen-bond donors (Lipinski definition) is 3. The summed E-state index contributed by atoms with van der Waals surface area (Å²) in [6.45, 7) is 3.08. The zero-order valence-electron chi connectivity index (χ0n) is 10.7. The van der Waals surface area contributed by atoms with Gasteiger partial charge in [-0.3, -0.25) is 0 Å². The maximum absolute atomic E-state index is 9.36. The summed E-state index contributed by atoms with van der Waals surface area (Å²) in [7, 11) is 0. The van der Waals surface area contributed by atoms with Gasteiger partial charge in [-0.1, -0.05) is 0 Å². The standard InChI is InChI=1S/C13H20N4O/c1-2-14-10-7-11(17-13(8-18)5-6-13)16-12(15-10)9-3-4-9/h7,9,18H,2-6,8H2,1H3,(H2,14,15,16,17). The topological polar surface area (TPSA) is 70.1 Å². The van der Waals surface area contributed by atoms with Crippen molar-refractivity contribution < 1.29 is 5.11 Å². The molecule has 0 radical (unpaired) electrons. The Balaban J connectivity index is 1.82. The second-order valence-electron chi connectivity index (χ2n) is 5.36. The summed E-state index contributed by atoms with van der Waals surface area (Å²) in [5.74, 6) is 3.19. The van der Waals surface area contributed by atoms with Gasteiger partial charge in [0.15, 0.2) is 0 Å². The number of anilines is 2. The van der Waals surface area contributed by atoms with Crippen LogP contribution in [0.15, 0.2) is 6.07 Å². The minimum absolute atomic E-state index is 0.126. The molecule has 2 aliphatic rings. The lowest BCUT2D eigenvalue weighted by Crippen LogP contribution is -2.26. The summed E-state index contributed by atoms with van der Waals surface area (Å²) >= 11 is 0. The second-order valence-corrected chi connectivity index (χ2v) is 5.36. The van der Waals surface area contributed by atoms with Crippen molar-refractivity contribution in [3.8, 4) is 0 Å². The molecule has 0 saturated heterocycles. The van der Waals surface area contributed by atoms with E-state index >= 15 is 0 Å². The van der Waals surface area contributed by atoms with Crippen molar-refractivity contribution >= 4 is 11.6 Å². The van der Waals surface area contributed by atoms with E-state index in [0.29, 0.717) is 5.92 Å². The molecule has 0 atom stereocenters. The highest BCUT2D eigenvalue weighted by Gasteiger charge is 2.42. The van der Waals surface area contributed by atoms with Crippen molar-refractivity contribution in [1.29, 1.82) is 0 Å². The van der Waals surface area contributed by atoms with Gasteiger partial charge in [0.2, 0.25) is 0 Å². The van der Waals surface area contributed by atoms with E-state index in [1.165, 1.54) is 12.8 Å². The molecule has 2 fully saturated rings. The molecule has 98 valence electrons. The van der Waals surface area contributed by atoms with E-state index in [4.69, 9.17) is 0 Å². The second kappa shape index (κ2) is 4.39. The van der Waals surface area contributed by atoms with Gasteiger partial charge < -0.3 is 15.7 Å². The monoisotopic (exact) mass is 248 g/mol. The van der Waals surface area contributed by atoms with Gasteiger partial charge >= 0.3 is 0 Å². The first-order chi connectivity index (χ1) is 8.74.